The van der Waals surface area contributed by atoms with E-state index in [-0.39, 0.29) is 11.4 Å². The quantitative estimate of drug-likeness (QED) is 0.243. The van der Waals surface area contributed by atoms with Crippen molar-refractivity contribution in [2.45, 2.75) is 0 Å². The maximum absolute atomic E-state index is 13.0. The van der Waals surface area contributed by atoms with Crippen molar-refractivity contribution >= 4 is 39.5 Å². The normalized spacial score (nSPS) is 10.9. The van der Waals surface area contributed by atoms with E-state index in [9.17, 15) is 14.7 Å². The summed E-state index contributed by atoms with van der Waals surface area (Å²) in [5.41, 5.74) is 1.54. The molecular weight excluding hydrogens is 508 g/mol. The average molecular weight is 529 g/mol. The fourth-order valence-corrected chi connectivity index (χ4v) is 3.54. The van der Waals surface area contributed by atoms with Crippen molar-refractivity contribution in [3.05, 3.63) is 124 Å². The number of carbonyl (C=O) groups excluding carboxylic acids is 2. The Kier molecular flexibility index (Phi) is 7.60. The van der Waals surface area contributed by atoms with Crippen LogP contribution < -0.4 is 15.4 Å². The molecule has 0 heterocycles. The summed E-state index contributed by atoms with van der Waals surface area (Å²) in [6.07, 6.45) is 1.57. The number of amides is 2. The topological polar surface area (TPSA) is 87.7 Å². The third-order valence-corrected chi connectivity index (χ3v) is 5.54. The Bertz CT molecular complexity index is 1370. The van der Waals surface area contributed by atoms with Crippen molar-refractivity contribution in [1.29, 1.82) is 0 Å². The second-order valence-corrected chi connectivity index (χ2v) is 8.34. The summed E-state index contributed by atoms with van der Waals surface area (Å²) in [6, 6.07) is 29.4. The Morgan fingerprint density at radius 2 is 1.54 bits per heavy atom. The highest BCUT2D eigenvalue weighted by Gasteiger charge is 2.15. The van der Waals surface area contributed by atoms with Crippen molar-refractivity contribution in [2.75, 3.05) is 5.32 Å². The molecule has 4 aromatic carbocycles. The molecule has 35 heavy (non-hydrogen) atoms. The number of nitrogens with one attached hydrogen (secondary N) is 2. The molecule has 0 atom stereocenters. The van der Waals surface area contributed by atoms with Gasteiger partial charge in [0.1, 0.15) is 22.9 Å². The highest BCUT2D eigenvalue weighted by Crippen LogP contribution is 2.29. The Hall–Kier alpha value is -4.36. The second kappa shape index (κ2) is 11.2. The number of carbonyl (C=O) groups is 2. The van der Waals surface area contributed by atoms with Crippen LogP contribution in [0.15, 0.2) is 113 Å². The molecule has 4 rings (SSSR count). The average Bonchev–Trinajstić information content (AvgIpc) is 2.86. The Morgan fingerprint density at radius 3 is 2.26 bits per heavy atom. The van der Waals surface area contributed by atoms with Crippen LogP contribution in [0.4, 0.5) is 5.69 Å². The smallest absolute Gasteiger partial charge is 0.272 e. The van der Waals surface area contributed by atoms with Gasteiger partial charge in [-0.15, -0.1) is 0 Å². The van der Waals surface area contributed by atoms with Gasteiger partial charge >= 0.3 is 0 Å². The van der Waals surface area contributed by atoms with Crippen molar-refractivity contribution in [3.63, 3.8) is 0 Å². The van der Waals surface area contributed by atoms with E-state index in [1.165, 1.54) is 12.1 Å². The monoisotopic (exact) mass is 528 g/mol. The molecule has 0 fully saturated rings. The van der Waals surface area contributed by atoms with Gasteiger partial charge in [0.25, 0.3) is 11.8 Å². The first-order valence-corrected chi connectivity index (χ1v) is 11.5. The van der Waals surface area contributed by atoms with Gasteiger partial charge in [-0.05, 0) is 76.1 Å². The predicted molar refractivity (Wildman–Crippen MR) is 139 cm³/mol. The van der Waals surface area contributed by atoms with E-state index in [1.807, 2.05) is 24.3 Å². The molecule has 174 valence electrons. The molecular formula is C28H21BrN2O4. The Balaban J connectivity index is 1.57. The van der Waals surface area contributed by atoms with Crippen LogP contribution >= 0.6 is 15.9 Å². The van der Waals surface area contributed by atoms with Crippen molar-refractivity contribution in [1.82, 2.24) is 5.32 Å². The van der Waals surface area contributed by atoms with Crippen LogP contribution in [-0.4, -0.2) is 16.9 Å². The SMILES string of the molecule is O=C(Nc1cccc(O)c1)C(=Cc1ccc(Oc2ccccc2Br)cc1)NC(=O)c1ccccc1. The lowest BCUT2D eigenvalue weighted by atomic mass is 10.1. The van der Waals surface area contributed by atoms with Crippen LogP contribution in [-0.2, 0) is 4.79 Å². The summed E-state index contributed by atoms with van der Waals surface area (Å²) >= 11 is 3.46. The van der Waals surface area contributed by atoms with Crippen LogP contribution in [0.5, 0.6) is 17.2 Å². The molecule has 0 radical (unpaired) electrons. The first-order chi connectivity index (χ1) is 17.0. The second-order valence-electron chi connectivity index (χ2n) is 7.48. The van der Waals surface area contributed by atoms with Gasteiger partial charge in [-0.25, -0.2) is 0 Å². The largest absolute Gasteiger partial charge is 0.508 e. The van der Waals surface area contributed by atoms with Crippen molar-refractivity contribution in [2.24, 2.45) is 0 Å². The summed E-state index contributed by atoms with van der Waals surface area (Å²) in [7, 11) is 0. The summed E-state index contributed by atoms with van der Waals surface area (Å²) < 4.78 is 6.72. The standard InChI is InChI=1S/C28H21BrN2O4/c29-24-11-4-5-12-26(24)35-23-15-13-19(14-16-23)17-25(31-27(33)20-7-2-1-3-8-20)28(34)30-21-9-6-10-22(32)18-21/h1-18,32H,(H,30,34)(H,31,33). The van der Waals surface area contributed by atoms with Crippen molar-refractivity contribution < 1.29 is 19.4 Å². The zero-order chi connectivity index (χ0) is 24.6. The number of aromatic hydroxyl groups is 1. The molecule has 3 N–H and O–H groups in total. The van der Waals surface area contributed by atoms with Gasteiger partial charge in [0.2, 0.25) is 0 Å². The number of phenolic OH excluding ortho intramolecular Hbond substituents is 1. The van der Waals surface area contributed by atoms with E-state index in [1.54, 1.807) is 72.8 Å². The zero-order valence-corrected chi connectivity index (χ0v) is 20.0. The Morgan fingerprint density at radius 1 is 0.829 bits per heavy atom. The number of phenols is 1. The lowest BCUT2D eigenvalue weighted by Crippen LogP contribution is -2.30. The minimum Gasteiger partial charge on any atom is -0.508 e. The molecule has 0 aliphatic rings. The van der Waals surface area contributed by atoms with E-state index in [0.717, 1.165) is 4.47 Å². The molecule has 0 spiro atoms. The first kappa shape index (κ1) is 23.8. The van der Waals surface area contributed by atoms with Gasteiger partial charge in [-0.2, -0.15) is 0 Å². The molecule has 0 aromatic heterocycles. The van der Waals surface area contributed by atoms with Gasteiger partial charge in [-0.1, -0.05) is 48.5 Å². The van der Waals surface area contributed by atoms with Crippen LogP contribution in [0.3, 0.4) is 0 Å². The number of ether oxygens (including phenoxy) is 1. The summed E-state index contributed by atoms with van der Waals surface area (Å²) in [5.74, 6) is 0.359. The highest BCUT2D eigenvalue weighted by molar-refractivity contribution is 9.10. The van der Waals surface area contributed by atoms with Crippen molar-refractivity contribution in [3.8, 4) is 17.2 Å². The molecule has 0 aliphatic carbocycles. The number of rotatable bonds is 7. The fourth-order valence-electron chi connectivity index (χ4n) is 3.18. The van der Waals surface area contributed by atoms with E-state index in [4.69, 9.17) is 4.74 Å². The number of benzene rings is 4. The van der Waals surface area contributed by atoms with Gasteiger partial charge in [0, 0.05) is 17.3 Å². The molecule has 0 unspecified atom stereocenters. The maximum atomic E-state index is 13.0. The minimum atomic E-state index is -0.534. The lowest BCUT2D eigenvalue weighted by Gasteiger charge is -2.12. The fraction of sp³-hybridized carbons (Fsp3) is 0. The van der Waals surface area contributed by atoms with Gasteiger partial charge in [0.05, 0.1) is 4.47 Å². The van der Waals surface area contributed by atoms with E-state index < -0.39 is 11.8 Å². The summed E-state index contributed by atoms with van der Waals surface area (Å²) in [5, 5.41) is 15.1. The number of para-hydroxylation sites is 1. The van der Waals surface area contributed by atoms with Crippen LogP contribution in [0.1, 0.15) is 15.9 Å². The van der Waals surface area contributed by atoms with Crippen LogP contribution in [0, 0.1) is 0 Å². The van der Waals surface area contributed by atoms with Crippen LogP contribution in [0.2, 0.25) is 0 Å². The number of halogens is 1. The maximum Gasteiger partial charge on any atom is 0.272 e. The predicted octanol–water partition coefficient (Wildman–Crippen LogP) is 6.36. The lowest BCUT2D eigenvalue weighted by molar-refractivity contribution is -0.113. The minimum absolute atomic E-state index is 0.0160. The van der Waals surface area contributed by atoms with E-state index >= 15 is 0 Å². The summed E-state index contributed by atoms with van der Waals surface area (Å²) in [6.45, 7) is 0. The highest BCUT2D eigenvalue weighted by atomic mass is 79.9. The molecule has 0 bridgehead atoms. The Labute approximate surface area is 211 Å². The van der Waals surface area contributed by atoms with E-state index in [0.29, 0.717) is 28.3 Å². The molecule has 0 saturated carbocycles. The number of hydrogen-bond donors (Lipinski definition) is 3. The molecule has 0 saturated heterocycles. The van der Waals surface area contributed by atoms with Gasteiger partial charge < -0.3 is 20.5 Å². The van der Waals surface area contributed by atoms with Crippen LogP contribution in [0.25, 0.3) is 6.08 Å². The summed E-state index contributed by atoms with van der Waals surface area (Å²) in [4.78, 5) is 25.8. The molecule has 6 nitrogen and oxygen atoms in total. The number of anilines is 1. The molecule has 4 aromatic rings. The molecule has 0 aliphatic heterocycles. The first-order valence-electron chi connectivity index (χ1n) is 10.7. The van der Waals surface area contributed by atoms with E-state index in [2.05, 4.69) is 26.6 Å². The molecule has 2 amide bonds. The zero-order valence-electron chi connectivity index (χ0n) is 18.4. The molecule has 7 heteroatoms. The third kappa shape index (κ3) is 6.59. The van der Waals surface area contributed by atoms with Gasteiger partial charge in [-0.3, -0.25) is 9.59 Å². The third-order valence-electron chi connectivity index (χ3n) is 4.89. The van der Waals surface area contributed by atoms with Gasteiger partial charge in [0.15, 0.2) is 0 Å². The number of hydrogen-bond acceptors (Lipinski definition) is 4.